The molecule has 0 bridgehead atoms. The minimum atomic E-state index is -3.53. The number of aryl methyl sites for hydroxylation is 2. The molecule has 2 amide bonds. The second-order valence-corrected chi connectivity index (χ2v) is 10.4. The van der Waals surface area contributed by atoms with Gasteiger partial charge in [-0.1, -0.05) is 18.2 Å². The molecule has 172 valence electrons. The number of carbonyl (C=O) groups excluding carboxylic acids is 1. The third kappa shape index (κ3) is 4.42. The van der Waals surface area contributed by atoms with Crippen LogP contribution in [0.4, 0.5) is 19.3 Å². The Kier molecular flexibility index (Phi) is 6.33. The number of nitrogens with two attached hydrogens (primary N) is 1. The summed E-state index contributed by atoms with van der Waals surface area (Å²) in [6, 6.07) is 6.09. The summed E-state index contributed by atoms with van der Waals surface area (Å²) < 4.78 is 43.5. The molecule has 0 radical (unpaired) electrons. The number of alkyl halides is 2. The van der Waals surface area contributed by atoms with Gasteiger partial charge in [0.15, 0.2) is 0 Å². The fourth-order valence-electron chi connectivity index (χ4n) is 4.80. The van der Waals surface area contributed by atoms with E-state index in [-0.39, 0.29) is 4.90 Å². The smallest absolute Gasteiger partial charge is 0.305 e. The Morgan fingerprint density at radius 1 is 1.06 bits per heavy atom. The Balaban J connectivity index is 1.59. The minimum absolute atomic E-state index is 0.117. The molecular weight excluding hydrogens is 434 g/mol. The van der Waals surface area contributed by atoms with Gasteiger partial charge in [-0.05, 0) is 92.6 Å². The number of amides is 2. The number of nitrogens with zero attached hydrogens (tertiary/aromatic N) is 2. The molecule has 2 atom stereocenters. The maximum Gasteiger partial charge on any atom is 0.354 e. The highest BCUT2D eigenvalue weighted by Gasteiger charge is 2.26. The van der Waals surface area contributed by atoms with Crippen molar-refractivity contribution in [1.82, 2.24) is 4.90 Å². The summed E-state index contributed by atoms with van der Waals surface area (Å²) in [5.41, 5.74) is 5.98. The van der Waals surface area contributed by atoms with Gasteiger partial charge in [0.2, 0.25) is 0 Å². The second kappa shape index (κ2) is 8.88. The van der Waals surface area contributed by atoms with E-state index in [9.17, 15) is 17.8 Å². The molecule has 0 heterocycles. The molecule has 0 fully saturated rings. The first-order chi connectivity index (χ1) is 15.2. The van der Waals surface area contributed by atoms with Crippen LogP contribution in [-0.2, 0) is 35.6 Å². The quantitative estimate of drug-likeness (QED) is 0.688. The lowest BCUT2D eigenvalue weighted by atomic mass is 9.99. The van der Waals surface area contributed by atoms with Crippen LogP contribution in [0.3, 0.4) is 0 Å². The van der Waals surface area contributed by atoms with Gasteiger partial charge in [0.25, 0.3) is 6.43 Å². The molecule has 3 N–H and O–H groups in total. The van der Waals surface area contributed by atoms with Gasteiger partial charge < -0.3 is 5.32 Å². The van der Waals surface area contributed by atoms with Crippen LogP contribution in [0.5, 0.6) is 0 Å². The number of nitrogens with one attached hydrogen (secondary N) is 1. The number of carbonyl (C=O) groups is 1. The van der Waals surface area contributed by atoms with E-state index in [1.807, 2.05) is 0 Å². The van der Waals surface area contributed by atoms with E-state index >= 15 is 0 Å². The average molecular weight is 463 g/mol. The molecule has 0 saturated carbocycles. The third-order valence-corrected chi connectivity index (χ3v) is 7.66. The molecule has 4 rings (SSSR count). The number of urea groups is 1. The minimum Gasteiger partial charge on any atom is -0.305 e. The van der Waals surface area contributed by atoms with Crippen molar-refractivity contribution < 1.29 is 17.8 Å². The summed E-state index contributed by atoms with van der Waals surface area (Å²) in [5, 5.41) is 8.76. The van der Waals surface area contributed by atoms with Gasteiger partial charge in [-0.15, -0.1) is 4.36 Å². The highest BCUT2D eigenvalue weighted by atomic mass is 32.2. The summed E-state index contributed by atoms with van der Waals surface area (Å²) in [7, 11) is -0.403. The molecule has 2 aromatic carbocycles. The van der Waals surface area contributed by atoms with Gasteiger partial charge in [0, 0.05) is 5.69 Å². The topological polar surface area (TPSA) is 87.8 Å². The van der Waals surface area contributed by atoms with Gasteiger partial charge >= 0.3 is 6.03 Å². The van der Waals surface area contributed by atoms with Crippen molar-refractivity contribution in [2.24, 2.45) is 9.50 Å². The molecule has 32 heavy (non-hydrogen) atoms. The summed E-state index contributed by atoms with van der Waals surface area (Å²) in [6.07, 6.45) is 3.30. The Hall–Kier alpha value is -2.36. The van der Waals surface area contributed by atoms with Crippen LogP contribution < -0.4 is 10.5 Å². The van der Waals surface area contributed by atoms with Crippen LogP contribution in [-0.4, -0.2) is 35.7 Å². The fourth-order valence-corrected chi connectivity index (χ4v) is 5.73. The van der Waals surface area contributed by atoms with Crippen LogP contribution in [0, 0.1) is 0 Å². The average Bonchev–Trinajstić information content (AvgIpc) is 3.36. The van der Waals surface area contributed by atoms with E-state index in [4.69, 9.17) is 5.14 Å². The maximum absolute atomic E-state index is 13.3. The monoisotopic (exact) mass is 462 g/mol. The first-order valence-electron chi connectivity index (χ1n) is 10.7. The SMILES string of the molecule is CN(C)[C@@H](c1ccc(S(N)(=O)=NC(=O)Nc2c3c(cc4c2CCC4)CCC3)cc1)C(F)F. The van der Waals surface area contributed by atoms with Crippen molar-refractivity contribution in [2.75, 3.05) is 19.4 Å². The van der Waals surface area contributed by atoms with Crippen molar-refractivity contribution in [3.8, 4) is 0 Å². The molecule has 2 aliphatic carbocycles. The van der Waals surface area contributed by atoms with Crippen molar-refractivity contribution >= 4 is 21.6 Å². The molecule has 2 aromatic rings. The van der Waals surface area contributed by atoms with E-state index in [0.717, 1.165) is 55.3 Å². The largest absolute Gasteiger partial charge is 0.354 e. The van der Waals surface area contributed by atoms with Crippen LogP contribution in [0.1, 0.15) is 46.7 Å². The number of benzene rings is 2. The zero-order valence-electron chi connectivity index (χ0n) is 18.2. The van der Waals surface area contributed by atoms with Crippen LogP contribution >= 0.6 is 0 Å². The lowest BCUT2D eigenvalue weighted by Crippen LogP contribution is -2.26. The van der Waals surface area contributed by atoms with Gasteiger partial charge in [-0.3, -0.25) is 4.90 Å². The molecule has 6 nitrogen and oxygen atoms in total. The highest BCUT2D eigenvalue weighted by molar-refractivity contribution is 7.91. The summed E-state index contributed by atoms with van der Waals surface area (Å²) in [4.78, 5) is 14.2. The third-order valence-electron chi connectivity index (χ3n) is 6.28. The van der Waals surface area contributed by atoms with Crippen molar-refractivity contribution in [3.63, 3.8) is 0 Å². The van der Waals surface area contributed by atoms with Gasteiger partial charge in [-0.2, -0.15) is 0 Å². The normalized spacial score (nSPS) is 17.7. The standard InChI is InChI=1S/C23H28F2N4O2S/c1-29(2)21(22(24)25)14-9-11-17(12-10-14)32(26,31)28-23(30)27-20-18-7-3-5-15(18)13-16-6-4-8-19(16)20/h9-13,21-22H,3-8H2,1-2H3,(H3,26,27,28,30,31)/t21-,32?/m0/s1. The first-order valence-corrected chi connectivity index (χ1v) is 12.3. The van der Waals surface area contributed by atoms with E-state index in [1.54, 1.807) is 14.1 Å². The summed E-state index contributed by atoms with van der Waals surface area (Å²) >= 11 is 0. The number of halogens is 2. The lowest BCUT2D eigenvalue weighted by molar-refractivity contribution is 0.0488. The number of anilines is 1. The molecule has 9 heteroatoms. The molecular formula is C23H28F2N4O2S. The number of hydrogen-bond acceptors (Lipinski definition) is 3. The Morgan fingerprint density at radius 3 is 2.12 bits per heavy atom. The van der Waals surface area contributed by atoms with E-state index < -0.39 is 28.4 Å². The van der Waals surface area contributed by atoms with Crippen LogP contribution in [0.2, 0.25) is 0 Å². The van der Waals surface area contributed by atoms with Gasteiger partial charge in [-0.25, -0.2) is 22.9 Å². The molecule has 0 aromatic heterocycles. The zero-order valence-corrected chi connectivity index (χ0v) is 19.1. The van der Waals surface area contributed by atoms with Crippen molar-refractivity contribution in [2.45, 2.75) is 55.9 Å². The predicted molar refractivity (Wildman–Crippen MR) is 121 cm³/mol. The van der Waals surface area contributed by atoms with Crippen molar-refractivity contribution in [1.29, 1.82) is 0 Å². The first kappa shape index (κ1) is 22.8. The van der Waals surface area contributed by atoms with E-state index in [2.05, 4.69) is 15.7 Å². The Morgan fingerprint density at radius 2 is 1.62 bits per heavy atom. The predicted octanol–water partition coefficient (Wildman–Crippen LogP) is 4.46. The summed E-state index contributed by atoms with van der Waals surface area (Å²) in [5.74, 6) is 0. The fraction of sp³-hybridized carbons (Fsp3) is 0.435. The summed E-state index contributed by atoms with van der Waals surface area (Å²) in [6.45, 7) is 0. The molecule has 2 aliphatic rings. The number of hydrogen-bond donors (Lipinski definition) is 2. The van der Waals surface area contributed by atoms with E-state index in [1.165, 1.54) is 40.3 Å². The van der Waals surface area contributed by atoms with Gasteiger partial charge in [0.1, 0.15) is 9.92 Å². The molecule has 0 saturated heterocycles. The zero-order chi connectivity index (χ0) is 23.0. The molecule has 1 unspecified atom stereocenters. The maximum atomic E-state index is 13.3. The second-order valence-electron chi connectivity index (χ2n) is 8.64. The van der Waals surface area contributed by atoms with E-state index in [0.29, 0.717) is 5.56 Å². The Labute approximate surface area is 187 Å². The van der Waals surface area contributed by atoms with Crippen molar-refractivity contribution in [3.05, 3.63) is 58.1 Å². The lowest BCUT2D eigenvalue weighted by Gasteiger charge is -2.24. The molecule has 0 spiro atoms. The highest BCUT2D eigenvalue weighted by Crippen LogP contribution is 2.38. The van der Waals surface area contributed by atoms with Crippen LogP contribution in [0.25, 0.3) is 0 Å². The number of rotatable bonds is 5. The van der Waals surface area contributed by atoms with Gasteiger partial charge in [0.05, 0.1) is 10.9 Å². The molecule has 0 aliphatic heterocycles. The Bertz CT molecular complexity index is 1120. The van der Waals surface area contributed by atoms with Crippen LogP contribution in [0.15, 0.2) is 39.6 Å². The number of fused-ring (bicyclic) bond motifs is 2.